The molecule has 6 unspecified atom stereocenters. The van der Waals surface area contributed by atoms with Gasteiger partial charge in [0.25, 0.3) is 10.1 Å². The van der Waals surface area contributed by atoms with Crippen molar-refractivity contribution in [3.63, 3.8) is 0 Å². The van der Waals surface area contributed by atoms with Crippen LogP contribution in [0.25, 0.3) is 0 Å². The molecule has 13 heteroatoms. The van der Waals surface area contributed by atoms with Crippen molar-refractivity contribution < 1.29 is 56.8 Å². The highest BCUT2D eigenvalue weighted by molar-refractivity contribution is 7.85. The van der Waals surface area contributed by atoms with Crippen molar-refractivity contribution in [1.82, 2.24) is 0 Å². The van der Waals surface area contributed by atoms with Crippen molar-refractivity contribution in [2.45, 2.75) is 256 Å². The van der Waals surface area contributed by atoms with Crippen LogP contribution in [-0.2, 0) is 38.7 Å². The first-order chi connectivity index (χ1) is 33.0. The van der Waals surface area contributed by atoms with Crippen LogP contribution in [0.1, 0.15) is 219 Å². The largest absolute Gasteiger partial charge is 0.462 e. The summed E-state index contributed by atoms with van der Waals surface area (Å²) in [4.78, 5) is 25.6. The molecular formula is C55H96O12S. The highest BCUT2D eigenvalue weighted by Gasteiger charge is 2.46. The van der Waals surface area contributed by atoms with E-state index >= 15 is 0 Å². The molecule has 0 bridgehead atoms. The zero-order chi connectivity index (χ0) is 49.8. The Morgan fingerprint density at radius 1 is 0.515 bits per heavy atom. The highest BCUT2D eigenvalue weighted by atomic mass is 32.2. The van der Waals surface area contributed by atoms with Gasteiger partial charge in [0, 0.05) is 12.8 Å². The minimum atomic E-state index is -4.61. The summed E-state index contributed by atoms with van der Waals surface area (Å²) in [6.45, 7) is 3.65. The number of aliphatic hydroxyl groups excluding tert-OH is 3. The standard InChI is InChI=1S/C55H96O12S/c1-3-5-7-9-11-13-15-17-19-21-22-23-24-25-26-28-29-31-33-35-37-39-41-43-50(56)64-45-48(46-65-55-54(60)53(59)52(58)49(67-55)47-68(61,62)63)66-51(57)44-42-40-38-36-34-32-30-27-20-18-16-14-12-10-8-6-4-2/h6,8,12,14-15,17-18,20-22,48-49,52-55,58-60H,3-5,7,9-11,13,16,19,23-47H2,1-2H3,(H,61,62,63)/b8-6-,14-12-,17-15-,20-18-,22-21-. The molecule has 1 rings (SSSR count). The summed E-state index contributed by atoms with van der Waals surface area (Å²) in [6, 6.07) is 0. The number of carbonyl (C=O) groups excluding carboxylic acids is 2. The Kier molecular flexibility index (Phi) is 41.3. The van der Waals surface area contributed by atoms with Crippen LogP contribution in [0.3, 0.4) is 0 Å². The first-order valence-corrected chi connectivity index (χ1v) is 28.5. The summed E-state index contributed by atoms with van der Waals surface area (Å²) < 4.78 is 54.3. The lowest BCUT2D eigenvalue weighted by Crippen LogP contribution is -2.60. The minimum Gasteiger partial charge on any atom is -0.462 e. The number of esters is 2. The van der Waals surface area contributed by atoms with Gasteiger partial charge in [0.1, 0.15) is 36.8 Å². The Balaban J connectivity index is 2.34. The van der Waals surface area contributed by atoms with Gasteiger partial charge < -0.3 is 34.3 Å². The molecular weight excluding hydrogens is 885 g/mol. The maximum Gasteiger partial charge on any atom is 0.306 e. The van der Waals surface area contributed by atoms with Crippen LogP contribution in [0.5, 0.6) is 0 Å². The topological polar surface area (TPSA) is 186 Å². The third-order valence-electron chi connectivity index (χ3n) is 12.1. The van der Waals surface area contributed by atoms with Crippen LogP contribution in [0.2, 0.25) is 0 Å². The number of hydrogen-bond acceptors (Lipinski definition) is 11. The van der Waals surface area contributed by atoms with Gasteiger partial charge in [-0.25, -0.2) is 0 Å². The molecule has 1 heterocycles. The van der Waals surface area contributed by atoms with E-state index in [4.69, 9.17) is 18.9 Å². The van der Waals surface area contributed by atoms with Crippen LogP contribution >= 0.6 is 0 Å². The summed E-state index contributed by atoms with van der Waals surface area (Å²) in [7, 11) is -4.61. The van der Waals surface area contributed by atoms with Gasteiger partial charge in [-0.3, -0.25) is 14.1 Å². The van der Waals surface area contributed by atoms with Crippen molar-refractivity contribution in [3.8, 4) is 0 Å². The number of carbonyl (C=O) groups is 2. The predicted molar refractivity (Wildman–Crippen MR) is 275 cm³/mol. The summed E-state index contributed by atoms with van der Waals surface area (Å²) in [5.41, 5.74) is 0. The average Bonchev–Trinajstić information content (AvgIpc) is 3.31. The van der Waals surface area contributed by atoms with Crippen molar-refractivity contribution in [2.24, 2.45) is 0 Å². The van der Waals surface area contributed by atoms with Gasteiger partial charge in [-0.05, 0) is 77.0 Å². The SMILES string of the molecule is CC/C=C\C/C=C\C/C=C\CCCCCCCCCC(=O)OC(COC(=O)CCCCCCCCCCCCC/C=C\C/C=C\CCCCCCC)COC1OC(CS(=O)(=O)O)C(O)C(O)C1O. The Morgan fingerprint density at radius 2 is 0.926 bits per heavy atom. The van der Waals surface area contributed by atoms with E-state index < -0.39 is 71.2 Å². The van der Waals surface area contributed by atoms with Gasteiger partial charge in [-0.15, -0.1) is 0 Å². The number of ether oxygens (including phenoxy) is 4. The van der Waals surface area contributed by atoms with E-state index in [2.05, 4.69) is 74.6 Å². The molecule has 4 N–H and O–H groups in total. The maximum atomic E-state index is 12.9. The fraction of sp³-hybridized carbons (Fsp3) is 0.782. The lowest BCUT2D eigenvalue weighted by Gasteiger charge is -2.40. The van der Waals surface area contributed by atoms with Gasteiger partial charge >= 0.3 is 11.9 Å². The molecule has 0 aliphatic carbocycles. The number of rotatable bonds is 45. The van der Waals surface area contributed by atoms with E-state index in [1.807, 2.05) is 0 Å². The van der Waals surface area contributed by atoms with Crippen LogP contribution < -0.4 is 0 Å². The molecule has 12 nitrogen and oxygen atoms in total. The van der Waals surface area contributed by atoms with Crippen LogP contribution in [0.4, 0.5) is 0 Å². The molecule has 1 saturated heterocycles. The van der Waals surface area contributed by atoms with Gasteiger partial charge in [0.15, 0.2) is 12.4 Å². The molecule has 0 aromatic heterocycles. The third-order valence-corrected chi connectivity index (χ3v) is 12.8. The van der Waals surface area contributed by atoms with E-state index in [0.29, 0.717) is 12.8 Å². The zero-order valence-corrected chi connectivity index (χ0v) is 43.3. The van der Waals surface area contributed by atoms with E-state index in [9.17, 15) is 37.9 Å². The molecule has 394 valence electrons. The average molecular weight is 981 g/mol. The van der Waals surface area contributed by atoms with Crippen molar-refractivity contribution in [3.05, 3.63) is 60.8 Å². The molecule has 0 radical (unpaired) electrons. The Labute approximate surface area is 413 Å². The normalized spacial score (nSPS) is 19.6. The Hall–Kier alpha value is -2.65. The molecule has 6 atom stereocenters. The molecule has 68 heavy (non-hydrogen) atoms. The van der Waals surface area contributed by atoms with E-state index in [1.165, 1.54) is 89.9 Å². The fourth-order valence-corrected chi connectivity index (χ4v) is 8.65. The minimum absolute atomic E-state index is 0.151. The second kappa shape index (κ2) is 44.3. The first kappa shape index (κ1) is 63.4. The van der Waals surface area contributed by atoms with Crippen LogP contribution in [0.15, 0.2) is 60.8 Å². The molecule has 0 amide bonds. The first-order valence-electron chi connectivity index (χ1n) is 26.8. The lowest BCUT2D eigenvalue weighted by atomic mass is 10.00. The molecule has 0 saturated carbocycles. The molecule has 1 fully saturated rings. The summed E-state index contributed by atoms with van der Waals surface area (Å²) >= 11 is 0. The lowest BCUT2D eigenvalue weighted by molar-refractivity contribution is -0.297. The van der Waals surface area contributed by atoms with E-state index in [1.54, 1.807) is 0 Å². The van der Waals surface area contributed by atoms with Gasteiger partial charge in [-0.1, -0.05) is 190 Å². The van der Waals surface area contributed by atoms with Gasteiger partial charge in [0.2, 0.25) is 0 Å². The monoisotopic (exact) mass is 981 g/mol. The van der Waals surface area contributed by atoms with Crippen LogP contribution in [-0.4, -0.2) is 96.0 Å². The molecule has 0 aromatic rings. The zero-order valence-electron chi connectivity index (χ0n) is 42.4. The second-order valence-corrected chi connectivity index (χ2v) is 20.0. The Bertz CT molecular complexity index is 1470. The van der Waals surface area contributed by atoms with Crippen LogP contribution in [0, 0.1) is 0 Å². The summed E-state index contributed by atoms with van der Waals surface area (Å²) in [5, 5.41) is 31.0. The molecule has 0 aromatic carbocycles. The highest BCUT2D eigenvalue weighted by Crippen LogP contribution is 2.24. The summed E-state index contributed by atoms with van der Waals surface area (Å²) in [6.07, 6.45) is 46.8. The fourth-order valence-electron chi connectivity index (χ4n) is 7.96. The summed E-state index contributed by atoms with van der Waals surface area (Å²) in [5.74, 6) is -2.00. The molecule has 0 spiro atoms. The quantitative estimate of drug-likeness (QED) is 0.0196. The number of unbranched alkanes of at least 4 members (excludes halogenated alkanes) is 23. The van der Waals surface area contributed by atoms with Gasteiger partial charge in [-0.2, -0.15) is 8.42 Å². The van der Waals surface area contributed by atoms with Crippen molar-refractivity contribution in [2.75, 3.05) is 19.0 Å². The number of aliphatic hydroxyl groups is 3. The molecule has 1 aliphatic rings. The second-order valence-electron chi connectivity index (χ2n) is 18.5. The van der Waals surface area contributed by atoms with Crippen molar-refractivity contribution in [1.29, 1.82) is 0 Å². The molecule has 1 aliphatic heterocycles. The smallest absolute Gasteiger partial charge is 0.306 e. The number of hydrogen-bond donors (Lipinski definition) is 4. The van der Waals surface area contributed by atoms with E-state index in [0.717, 1.165) is 89.9 Å². The van der Waals surface area contributed by atoms with E-state index in [-0.39, 0.29) is 19.4 Å². The predicted octanol–water partition coefficient (Wildman–Crippen LogP) is 12.5. The Morgan fingerprint density at radius 3 is 1.38 bits per heavy atom. The van der Waals surface area contributed by atoms with Crippen molar-refractivity contribution >= 4 is 22.1 Å². The third kappa shape index (κ3) is 38.1. The maximum absolute atomic E-state index is 12.9. The van der Waals surface area contributed by atoms with Gasteiger partial charge in [0.05, 0.1) is 6.61 Å². The number of allylic oxidation sites excluding steroid dienone is 10.